The van der Waals surface area contributed by atoms with Gasteiger partial charge in [0.1, 0.15) is 16.9 Å². The number of carbonyl (C=O) groups excluding carboxylic acids is 1. The average Bonchev–Trinajstić information content (AvgIpc) is 3.01. The van der Waals surface area contributed by atoms with Gasteiger partial charge in [0.05, 0.1) is 17.5 Å². The van der Waals surface area contributed by atoms with Crippen LogP contribution < -0.4 is 10.9 Å². The third-order valence-corrected chi connectivity index (χ3v) is 5.67. The minimum Gasteiger partial charge on any atom is -0.478 e. The molecule has 0 unspecified atom stereocenters. The number of anilines is 1. The molecule has 1 amide bonds. The summed E-state index contributed by atoms with van der Waals surface area (Å²) in [5.74, 6) is -0.726. The van der Waals surface area contributed by atoms with E-state index in [0.29, 0.717) is 22.4 Å². The van der Waals surface area contributed by atoms with E-state index in [-0.39, 0.29) is 17.5 Å². The molecule has 0 atom stereocenters. The molecule has 2 heterocycles. The number of carboxylic acids is 1. The van der Waals surface area contributed by atoms with Crippen molar-refractivity contribution in [3.8, 4) is 0 Å². The van der Waals surface area contributed by atoms with Crippen LogP contribution in [0.2, 0.25) is 0 Å². The summed E-state index contributed by atoms with van der Waals surface area (Å²) in [6, 6.07) is 7.85. The lowest BCUT2D eigenvalue weighted by Crippen LogP contribution is -2.21. The molecule has 0 spiro atoms. The quantitative estimate of drug-likeness (QED) is 0.466. The van der Waals surface area contributed by atoms with Crippen LogP contribution in [0.4, 0.5) is 5.69 Å². The Morgan fingerprint density at radius 2 is 1.61 bits per heavy atom. The SMILES string of the molecule is Cc1oc2c(C)c3oc(=O)c(CC(=O)Nc4cccc(C(=O)O)c4)c(C)c3cc2c1C. The number of hydrogen-bond acceptors (Lipinski definition) is 5. The first kappa shape index (κ1) is 20.4. The van der Waals surface area contributed by atoms with Crippen molar-refractivity contribution in [3.05, 3.63) is 74.3 Å². The zero-order valence-corrected chi connectivity index (χ0v) is 17.6. The lowest BCUT2D eigenvalue weighted by molar-refractivity contribution is -0.115. The standard InChI is InChI=1S/C24H21NO6/c1-11-14(4)30-21-13(3)22-18(9-17(11)21)12(2)19(24(29)31-22)10-20(26)25-16-7-5-6-15(8-16)23(27)28/h5-9H,10H2,1-4H3,(H,25,26)(H,27,28). The third-order valence-electron chi connectivity index (χ3n) is 5.67. The molecule has 7 heteroatoms. The lowest BCUT2D eigenvalue weighted by Gasteiger charge is -2.11. The molecular formula is C24H21NO6. The second kappa shape index (κ2) is 7.43. The van der Waals surface area contributed by atoms with Gasteiger partial charge in [0.15, 0.2) is 0 Å². The van der Waals surface area contributed by atoms with Gasteiger partial charge in [-0.25, -0.2) is 9.59 Å². The molecule has 0 fully saturated rings. The van der Waals surface area contributed by atoms with Crippen LogP contribution in [0.1, 0.15) is 38.4 Å². The summed E-state index contributed by atoms with van der Waals surface area (Å²) in [4.78, 5) is 36.4. The van der Waals surface area contributed by atoms with Crippen LogP contribution in [0.25, 0.3) is 21.9 Å². The number of aromatic carboxylic acids is 1. The molecule has 158 valence electrons. The molecule has 0 radical (unpaired) electrons. The molecule has 0 aliphatic rings. The highest BCUT2D eigenvalue weighted by molar-refractivity contribution is 6.01. The summed E-state index contributed by atoms with van der Waals surface area (Å²) < 4.78 is 11.4. The molecule has 0 aliphatic heterocycles. The van der Waals surface area contributed by atoms with Crippen molar-refractivity contribution in [2.75, 3.05) is 5.32 Å². The van der Waals surface area contributed by atoms with Crippen LogP contribution in [0.15, 0.2) is 44.0 Å². The highest BCUT2D eigenvalue weighted by Gasteiger charge is 2.20. The van der Waals surface area contributed by atoms with E-state index in [4.69, 9.17) is 13.9 Å². The molecule has 4 rings (SSSR count). The van der Waals surface area contributed by atoms with Crippen molar-refractivity contribution >= 4 is 39.5 Å². The Labute approximate surface area is 177 Å². The summed E-state index contributed by atoms with van der Waals surface area (Å²) in [6.07, 6.45) is -0.193. The number of hydrogen-bond donors (Lipinski definition) is 2. The third kappa shape index (κ3) is 3.48. The minimum absolute atomic E-state index is 0.0597. The topological polar surface area (TPSA) is 110 Å². The minimum atomic E-state index is -1.09. The Bertz CT molecular complexity index is 1440. The molecule has 0 saturated heterocycles. The molecule has 2 N–H and O–H groups in total. The lowest BCUT2D eigenvalue weighted by atomic mass is 9.98. The van der Waals surface area contributed by atoms with Crippen LogP contribution in [0, 0.1) is 27.7 Å². The predicted octanol–water partition coefficient (Wildman–Crippen LogP) is 4.65. The van der Waals surface area contributed by atoms with Gasteiger partial charge in [0.2, 0.25) is 5.91 Å². The van der Waals surface area contributed by atoms with Gasteiger partial charge in [0.25, 0.3) is 0 Å². The van der Waals surface area contributed by atoms with E-state index >= 15 is 0 Å². The average molecular weight is 419 g/mol. The molecule has 4 aromatic rings. The van der Waals surface area contributed by atoms with Crippen LogP contribution in [-0.4, -0.2) is 17.0 Å². The molecule has 2 aromatic carbocycles. The van der Waals surface area contributed by atoms with Gasteiger partial charge in [-0.3, -0.25) is 4.79 Å². The van der Waals surface area contributed by atoms with Crippen molar-refractivity contribution in [1.82, 2.24) is 0 Å². The molecule has 31 heavy (non-hydrogen) atoms. The van der Waals surface area contributed by atoms with Crippen molar-refractivity contribution in [1.29, 1.82) is 0 Å². The number of benzene rings is 2. The van der Waals surface area contributed by atoms with Gasteiger partial charge in [0, 0.05) is 22.0 Å². The second-order valence-electron chi connectivity index (χ2n) is 7.64. The summed E-state index contributed by atoms with van der Waals surface area (Å²) >= 11 is 0. The monoisotopic (exact) mass is 419 g/mol. The molecule has 0 aliphatic carbocycles. The van der Waals surface area contributed by atoms with Gasteiger partial charge in [-0.1, -0.05) is 6.07 Å². The van der Waals surface area contributed by atoms with E-state index in [1.165, 1.54) is 18.2 Å². The number of aryl methyl sites for hydroxylation is 4. The normalized spacial score (nSPS) is 11.2. The zero-order chi connectivity index (χ0) is 22.4. The fourth-order valence-corrected chi connectivity index (χ4v) is 3.79. The van der Waals surface area contributed by atoms with Crippen LogP contribution in [0.5, 0.6) is 0 Å². The molecule has 2 aromatic heterocycles. The molecule has 7 nitrogen and oxygen atoms in total. The van der Waals surface area contributed by atoms with E-state index < -0.39 is 17.5 Å². The first-order valence-corrected chi connectivity index (χ1v) is 9.76. The van der Waals surface area contributed by atoms with Crippen molar-refractivity contribution in [2.45, 2.75) is 34.1 Å². The largest absolute Gasteiger partial charge is 0.478 e. The van der Waals surface area contributed by atoms with Crippen LogP contribution in [-0.2, 0) is 11.2 Å². The van der Waals surface area contributed by atoms with E-state index in [1.54, 1.807) is 13.0 Å². The Balaban J connectivity index is 1.74. The highest BCUT2D eigenvalue weighted by Crippen LogP contribution is 2.34. The zero-order valence-electron chi connectivity index (χ0n) is 17.6. The van der Waals surface area contributed by atoms with Crippen LogP contribution in [0.3, 0.4) is 0 Å². The number of carbonyl (C=O) groups is 2. The number of furan rings is 1. The molecular weight excluding hydrogens is 398 g/mol. The Morgan fingerprint density at radius 3 is 2.32 bits per heavy atom. The first-order chi connectivity index (χ1) is 14.7. The van der Waals surface area contributed by atoms with Crippen LogP contribution >= 0.6 is 0 Å². The van der Waals surface area contributed by atoms with E-state index in [0.717, 1.165) is 27.7 Å². The fourth-order valence-electron chi connectivity index (χ4n) is 3.79. The second-order valence-corrected chi connectivity index (χ2v) is 7.64. The summed E-state index contributed by atoms with van der Waals surface area (Å²) in [5, 5.41) is 13.4. The first-order valence-electron chi connectivity index (χ1n) is 9.76. The Hall–Kier alpha value is -3.87. The Kier molecular flexibility index (Phi) is 4.89. The fraction of sp³-hybridized carbons (Fsp3) is 0.208. The van der Waals surface area contributed by atoms with Gasteiger partial charge < -0.3 is 19.3 Å². The van der Waals surface area contributed by atoms with E-state index in [9.17, 15) is 14.4 Å². The van der Waals surface area contributed by atoms with Gasteiger partial charge >= 0.3 is 11.6 Å². The predicted molar refractivity (Wildman–Crippen MR) is 117 cm³/mol. The number of rotatable bonds is 4. The van der Waals surface area contributed by atoms with Gasteiger partial charge in [-0.2, -0.15) is 0 Å². The summed E-state index contributed by atoms with van der Waals surface area (Å²) in [5.41, 5.74) is 3.64. The van der Waals surface area contributed by atoms with Crippen molar-refractivity contribution < 1.29 is 23.5 Å². The van der Waals surface area contributed by atoms with Gasteiger partial charge in [-0.15, -0.1) is 0 Å². The van der Waals surface area contributed by atoms with Gasteiger partial charge in [-0.05, 0) is 63.1 Å². The maximum absolute atomic E-state index is 12.7. The van der Waals surface area contributed by atoms with E-state index in [1.807, 2.05) is 26.8 Å². The smallest absolute Gasteiger partial charge is 0.340 e. The number of carboxylic acid groups (broad SMARTS) is 1. The summed E-state index contributed by atoms with van der Waals surface area (Å²) in [6.45, 7) is 7.50. The summed E-state index contributed by atoms with van der Waals surface area (Å²) in [7, 11) is 0. The maximum atomic E-state index is 12.7. The number of nitrogens with one attached hydrogen (secondary N) is 1. The van der Waals surface area contributed by atoms with E-state index in [2.05, 4.69) is 5.32 Å². The number of fused-ring (bicyclic) bond motifs is 2. The van der Waals surface area contributed by atoms with Crippen molar-refractivity contribution in [3.63, 3.8) is 0 Å². The number of amides is 1. The van der Waals surface area contributed by atoms with Crippen molar-refractivity contribution in [2.24, 2.45) is 0 Å². The Morgan fingerprint density at radius 1 is 0.935 bits per heavy atom. The molecule has 0 saturated carbocycles. The highest BCUT2D eigenvalue weighted by atomic mass is 16.4. The molecule has 0 bridgehead atoms. The maximum Gasteiger partial charge on any atom is 0.340 e.